The van der Waals surface area contributed by atoms with Gasteiger partial charge in [0.05, 0.1) is 0 Å². The van der Waals surface area contributed by atoms with E-state index in [1.165, 1.54) is 14.2 Å². The van der Waals surface area contributed by atoms with Crippen molar-refractivity contribution < 1.29 is 32.3 Å². The van der Waals surface area contributed by atoms with Gasteiger partial charge in [-0.25, -0.2) is 0 Å². The second-order valence-corrected chi connectivity index (χ2v) is 12.2. The fraction of sp³-hybridized carbons (Fsp3) is 0.200. The Hall–Kier alpha value is -3.42. The summed E-state index contributed by atoms with van der Waals surface area (Å²) in [5.74, 6) is 2.78. The molecule has 0 aromatic heterocycles. The molecule has 0 atom stereocenters. The third kappa shape index (κ3) is 5.72. The van der Waals surface area contributed by atoms with E-state index in [9.17, 15) is 3.83 Å². The number of hydrogen-bond acceptors (Lipinski definition) is 7. The quantitative estimate of drug-likeness (QED) is 0.198. The molecule has 0 aliphatic heterocycles. The van der Waals surface area contributed by atoms with Crippen LogP contribution in [-0.4, -0.2) is 56.5 Å². The molecule has 4 aromatic rings. The SMILES string of the molecule is COc1cc(-c2cc(Cl)ccc2[Se](=O)c2ccc(Cl)cc2-c2cc(OC)c(OC)c(OC)c2)cc(OC)c1OC. The molecule has 40 heavy (non-hydrogen) atoms. The Morgan fingerprint density at radius 1 is 0.500 bits per heavy atom. The van der Waals surface area contributed by atoms with Crippen molar-refractivity contribution >= 4 is 46.0 Å². The number of halogens is 2. The van der Waals surface area contributed by atoms with Crippen LogP contribution in [0, 0.1) is 0 Å². The number of rotatable bonds is 10. The average molecular weight is 650 g/mol. The predicted octanol–water partition coefficient (Wildman–Crippen LogP) is 5.92. The molecule has 0 bridgehead atoms. The van der Waals surface area contributed by atoms with Crippen molar-refractivity contribution in [2.45, 2.75) is 0 Å². The Kier molecular flexibility index (Phi) is 9.48. The molecule has 4 aromatic carbocycles. The van der Waals surface area contributed by atoms with E-state index in [0.29, 0.717) is 75.7 Å². The number of benzene rings is 4. The van der Waals surface area contributed by atoms with E-state index < -0.39 is 13.8 Å². The minimum absolute atomic E-state index is 0.453. The van der Waals surface area contributed by atoms with Crippen molar-refractivity contribution in [1.82, 2.24) is 0 Å². The van der Waals surface area contributed by atoms with Crippen LogP contribution in [0.2, 0.25) is 10.0 Å². The summed E-state index contributed by atoms with van der Waals surface area (Å²) in [4.78, 5) is 0. The molecule has 0 fully saturated rings. The maximum atomic E-state index is 14.5. The first-order valence-electron chi connectivity index (χ1n) is 11.9. The van der Waals surface area contributed by atoms with Crippen LogP contribution in [0.1, 0.15) is 0 Å². The van der Waals surface area contributed by atoms with Crippen LogP contribution in [0.5, 0.6) is 34.5 Å². The second-order valence-electron chi connectivity index (χ2n) is 8.38. The second kappa shape index (κ2) is 12.8. The van der Waals surface area contributed by atoms with E-state index in [1.54, 1.807) is 89.1 Å². The van der Waals surface area contributed by atoms with Gasteiger partial charge in [-0.3, -0.25) is 0 Å². The van der Waals surface area contributed by atoms with E-state index in [1.807, 2.05) is 0 Å². The Balaban J connectivity index is 1.94. The van der Waals surface area contributed by atoms with Gasteiger partial charge in [-0.1, -0.05) is 0 Å². The third-order valence-corrected chi connectivity index (χ3v) is 9.87. The number of methoxy groups -OCH3 is 6. The zero-order chi connectivity index (χ0) is 29.0. The minimum atomic E-state index is -2.93. The molecule has 10 heteroatoms. The molecular weight excluding hydrogens is 622 g/mol. The predicted molar refractivity (Wildman–Crippen MR) is 159 cm³/mol. The van der Waals surface area contributed by atoms with Gasteiger partial charge < -0.3 is 0 Å². The summed E-state index contributed by atoms with van der Waals surface area (Å²) in [6.45, 7) is 0. The molecule has 0 aliphatic carbocycles. The van der Waals surface area contributed by atoms with Crippen molar-refractivity contribution in [2.75, 3.05) is 42.7 Å². The summed E-state index contributed by atoms with van der Waals surface area (Å²) < 4.78 is 48.9. The number of ether oxygens (including phenoxy) is 6. The first kappa shape index (κ1) is 29.6. The van der Waals surface area contributed by atoms with Crippen molar-refractivity contribution in [1.29, 1.82) is 0 Å². The van der Waals surface area contributed by atoms with Crippen molar-refractivity contribution in [3.8, 4) is 56.8 Å². The van der Waals surface area contributed by atoms with Gasteiger partial charge in [0.15, 0.2) is 0 Å². The van der Waals surface area contributed by atoms with E-state index in [0.717, 1.165) is 0 Å². The molecule has 210 valence electrons. The topological polar surface area (TPSA) is 72.5 Å². The van der Waals surface area contributed by atoms with Crippen LogP contribution >= 0.6 is 23.2 Å². The summed E-state index contributed by atoms with van der Waals surface area (Å²) in [7, 11) is 9.25. The van der Waals surface area contributed by atoms with Crippen LogP contribution < -0.4 is 37.3 Å². The summed E-state index contributed by atoms with van der Waals surface area (Å²) in [6.07, 6.45) is 0. The van der Waals surface area contributed by atoms with E-state index in [2.05, 4.69) is 0 Å². The van der Waals surface area contributed by atoms with Crippen LogP contribution in [-0.2, 0) is 3.83 Å². The molecule has 0 heterocycles. The molecule has 0 unspecified atom stereocenters. The van der Waals surface area contributed by atoms with Crippen molar-refractivity contribution in [3.63, 3.8) is 0 Å². The Morgan fingerprint density at radius 3 is 1.10 bits per heavy atom. The summed E-state index contributed by atoms with van der Waals surface area (Å²) in [5.41, 5.74) is 2.77. The standard InChI is InChI=1S/C30H28Cl2O7Se/c1-34-23-11-17(12-24(35-2)29(23)38-5)21-15-19(31)7-9-27(21)40(33)28-10-8-20(32)16-22(28)18-13-25(36-3)30(39-6)26(14-18)37-4/h7-16H,1-6H3. The van der Waals surface area contributed by atoms with Crippen LogP contribution in [0.4, 0.5) is 0 Å². The Bertz CT molecular complexity index is 1410. The summed E-state index contributed by atoms with van der Waals surface area (Å²) in [5, 5.41) is 0.986. The molecule has 0 saturated carbocycles. The zero-order valence-electron chi connectivity index (χ0n) is 22.8. The first-order chi connectivity index (χ1) is 19.3. The van der Waals surface area contributed by atoms with Gasteiger partial charge in [0.1, 0.15) is 0 Å². The van der Waals surface area contributed by atoms with E-state index >= 15 is 0 Å². The average Bonchev–Trinajstić information content (AvgIpc) is 2.98. The molecule has 0 aliphatic rings. The van der Waals surface area contributed by atoms with Crippen LogP contribution in [0.3, 0.4) is 0 Å². The van der Waals surface area contributed by atoms with Gasteiger partial charge in [-0.15, -0.1) is 0 Å². The normalized spacial score (nSPS) is 10.8. The number of hydrogen-bond donors (Lipinski definition) is 0. The monoisotopic (exact) mass is 650 g/mol. The molecule has 0 spiro atoms. The fourth-order valence-corrected chi connectivity index (χ4v) is 7.60. The maximum absolute atomic E-state index is 14.5. The molecule has 0 saturated heterocycles. The van der Waals surface area contributed by atoms with Crippen LogP contribution in [0.15, 0.2) is 60.7 Å². The molecule has 7 nitrogen and oxygen atoms in total. The molecular formula is C30H28Cl2O7Se. The van der Waals surface area contributed by atoms with Gasteiger partial charge in [0.2, 0.25) is 0 Å². The summed E-state index contributed by atoms with van der Waals surface area (Å²) in [6, 6.07) is 17.8. The first-order valence-corrected chi connectivity index (χ1v) is 15.1. The van der Waals surface area contributed by atoms with Gasteiger partial charge in [-0.05, 0) is 0 Å². The molecule has 0 amide bonds. The zero-order valence-corrected chi connectivity index (χ0v) is 26.0. The molecule has 4 rings (SSSR count). The molecule has 0 N–H and O–H groups in total. The van der Waals surface area contributed by atoms with Crippen molar-refractivity contribution in [2.24, 2.45) is 0 Å². The fourth-order valence-electron chi connectivity index (χ4n) is 4.37. The Morgan fingerprint density at radius 2 is 0.825 bits per heavy atom. The van der Waals surface area contributed by atoms with E-state index in [-0.39, 0.29) is 0 Å². The third-order valence-electron chi connectivity index (χ3n) is 6.23. The van der Waals surface area contributed by atoms with Crippen LogP contribution in [0.25, 0.3) is 22.3 Å². The van der Waals surface area contributed by atoms with E-state index in [4.69, 9.17) is 51.6 Å². The summed E-state index contributed by atoms with van der Waals surface area (Å²) >= 11 is 9.94. The van der Waals surface area contributed by atoms with Gasteiger partial charge >= 0.3 is 248 Å². The van der Waals surface area contributed by atoms with Gasteiger partial charge in [-0.2, -0.15) is 0 Å². The van der Waals surface area contributed by atoms with Gasteiger partial charge in [0.25, 0.3) is 0 Å². The van der Waals surface area contributed by atoms with Gasteiger partial charge in [0, 0.05) is 0 Å². The Labute approximate surface area is 247 Å². The van der Waals surface area contributed by atoms with Crippen molar-refractivity contribution in [3.05, 3.63) is 70.7 Å². The molecule has 0 radical (unpaired) electrons.